The first-order valence-corrected chi connectivity index (χ1v) is 8.45. The van der Waals surface area contributed by atoms with Crippen molar-refractivity contribution in [2.75, 3.05) is 20.3 Å². The summed E-state index contributed by atoms with van der Waals surface area (Å²) in [6, 6.07) is 3.60. The lowest BCUT2D eigenvalue weighted by Crippen LogP contribution is -2.08. The molecule has 0 fully saturated rings. The van der Waals surface area contributed by atoms with Crippen molar-refractivity contribution in [3.63, 3.8) is 0 Å². The van der Waals surface area contributed by atoms with Crippen LogP contribution in [-0.4, -0.2) is 31.4 Å². The van der Waals surface area contributed by atoms with Gasteiger partial charge in [0.25, 0.3) is 0 Å². The molecule has 1 atom stereocenters. The molecule has 1 aromatic rings. The molecular formula is C16H23IO5. The van der Waals surface area contributed by atoms with Crippen molar-refractivity contribution >= 4 is 28.6 Å². The Kier molecular flexibility index (Phi) is 8.55. The molecule has 22 heavy (non-hydrogen) atoms. The van der Waals surface area contributed by atoms with Gasteiger partial charge in [-0.15, -0.1) is 0 Å². The van der Waals surface area contributed by atoms with Gasteiger partial charge >= 0.3 is 5.97 Å². The zero-order chi connectivity index (χ0) is 16.5. The highest BCUT2D eigenvalue weighted by Gasteiger charge is 2.17. The quantitative estimate of drug-likeness (QED) is 0.488. The summed E-state index contributed by atoms with van der Waals surface area (Å²) in [5.74, 6) is 0.975. The van der Waals surface area contributed by atoms with Crippen molar-refractivity contribution in [3.8, 4) is 11.5 Å². The Bertz CT molecular complexity index is 490. The maximum atomic E-state index is 11.4. The molecule has 1 rings (SSSR count). The van der Waals surface area contributed by atoms with Crippen LogP contribution in [0.25, 0.3) is 0 Å². The van der Waals surface area contributed by atoms with Crippen LogP contribution in [0.1, 0.15) is 44.8 Å². The highest BCUT2D eigenvalue weighted by atomic mass is 127. The van der Waals surface area contributed by atoms with E-state index in [0.717, 1.165) is 9.99 Å². The molecule has 1 N–H and O–H groups in total. The number of aliphatic hydroxyl groups is 1. The second kappa shape index (κ2) is 9.89. The number of hydrogen-bond acceptors (Lipinski definition) is 5. The van der Waals surface area contributed by atoms with Gasteiger partial charge in [-0.3, -0.25) is 4.79 Å². The molecular weight excluding hydrogens is 399 g/mol. The Morgan fingerprint density at radius 3 is 2.68 bits per heavy atom. The summed E-state index contributed by atoms with van der Waals surface area (Å²) in [7, 11) is 1.57. The van der Waals surface area contributed by atoms with Gasteiger partial charge in [-0.1, -0.05) is 6.92 Å². The van der Waals surface area contributed by atoms with Crippen molar-refractivity contribution in [1.82, 2.24) is 0 Å². The topological polar surface area (TPSA) is 65.0 Å². The maximum Gasteiger partial charge on any atom is 0.305 e. The molecule has 0 radical (unpaired) electrons. The number of carbonyl (C=O) groups excluding carboxylic acids is 1. The first-order valence-electron chi connectivity index (χ1n) is 7.37. The Balaban J connectivity index is 2.82. The molecule has 0 aliphatic rings. The third-order valence-electron chi connectivity index (χ3n) is 3.01. The summed E-state index contributed by atoms with van der Waals surface area (Å²) in [5, 5.41) is 10.2. The van der Waals surface area contributed by atoms with Crippen LogP contribution in [0.15, 0.2) is 12.1 Å². The average molecular weight is 422 g/mol. The van der Waals surface area contributed by atoms with Gasteiger partial charge in [0.05, 0.1) is 30.0 Å². The van der Waals surface area contributed by atoms with Crippen LogP contribution in [-0.2, 0) is 9.53 Å². The zero-order valence-corrected chi connectivity index (χ0v) is 15.4. The summed E-state index contributed by atoms with van der Waals surface area (Å²) in [5.41, 5.74) is 0.703. The third kappa shape index (κ3) is 5.64. The van der Waals surface area contributed by atoms with E-state index in [-0.39, 0.29) is 12.4 Å². The molecule has 0 aliphatic carbocycles. The number of ether oxygens (including phenoxy) is 3. The van der Waals surface area contributed by atoms with Crippen LogP contribution in [0.3, 0.4) is 0 Å². The van der Waals surface area contributed by atoms with Gasteiger partial charge in [-0.05, 0) is 60.1 Å². The fraction of sp³-hybridized carbons (Fsp3) is 0.562. The minimum absolute atomic E-state index is 0.183. The van der Waals surface area contributed by atoms with Crippen molar-refractivity contribution in [2.45, 2.75) is 39.2 Å². The van der Waals surface area contributed by atoms with Gasteiger partial charge in [-0.25, -0.2) is 0 Å². The van der Waals surface area contributed by atoms with Crippen LogP contribution in [0.4, 0.5) is 0 Å². The molecule has 6 heteroatoms. The number of rotatable bonds is 9. The van der Waals surface area contributed by atoms with Gasteiger partial charge in [0.1, 0.15) is 0 Å². The van der Waals surface area contributed by atoms with E-state index >= 15 is 0 Å². The van der Waals surface area contributed by atoms with Gasteiger partial charge in [-0.2, -0.15) is 0 Å². The highest BCUT2D eigenvalue weighted by Crippen LogP contribution is 2.36. The summed E-state index contributed by atoms with van der Waals surface area (Å²) >= 11 is 2.16. The molecule has 0 amide bonds. The summed E-state index contributed by atoms with van der Waals surface area (Å²) < 4.78 is 16.8. The molecule has 0 aromatic heterocycles. The molecule has 0 saturated carbocycles. The van der Waals surface area contributed by atoms with Crippen LogP contribution < -0.4 is 9.47 Å². The molecule has 0 spiro atoms. The van der Waals surface area contributed by atoms with E-state index in [9.17, 15) is 9.90 Å². The van der Waals surface area contributed by atoms with Crippen LogP contribution >= 0.6 is 22.6 Å². The fourth-order valence-corrected chi connectivity index (χ4v) is 2.71. The summed E-state index contributed by atoms with van der Waals surface area (Å²) in [6.45, 7) is 4.75. The van der Waals surface area contributed by atoms with E-state index in [2.05, 4.69) is 22.6 Å². The smallest absolute Gasteiger partial charge is 0.305 e. The standard InChI is InChI=1S/C16H23IO5/c1-4-8-22-16-12(17)9-11(10-14(16)20-3)13(18)6-7-15(19)21-5-2/h9-10,13,18H,4-8H2,1-3H3. The Morgan fingerprint density at radius 2 is 2.09 bits per heavy atom. The molecule has 5 nitrogen and oxygen atoms in total. The maximum absolute atomic E-state index is 11.4. The van der Waals surface area contributed by atoms with Crippen molar-refractivity contribution in [2.24, 2.45) is 0 Å². The minimum atomic E-state index is -0.743. The van der Waals surface area contributed by atoms with E-state index in [0.29, 0.717) is 36.7 Å². The van der Waals surface area contributed by atoms with Crippen LogP contribution in [0, 0.1) is 3.57 Å². The molecule has 1 aromatic carbocycles. The van der Waals surface area contributed by atoms with Crippen LogP contribution in [0.5, 0.6) is 11.5 Å². The monoisotopic (exact) mass is 422 g/mol. The number of methoxy groups -OCH3 is 1. The predicted octanol–water partition coefficient (Wildman–Crippen LogP) is 3.47. The number of aliphatic hydroxyl groups excluding tert-OH is 1. The van der Waals surface area contributed by atoms with Crippen molar-refractivity contribution < 1.29 is 24.1 Å². The largest absolute Gasteiger partial charge is 0.493 e. The molecule has 0 bridgehead atoms. The van der Waals surface area contributed by atoms with E-state index in [4.69, 9.17) is 14.2 Å². The number of benzene rings is 1. The van der Waals surface area contributed by atoms with Crippen LogP contribution in [0.2, 0.25) is 0 Å². The summed E-state index contributed by atoms with van der Waals surface area (Å²) in [6.07, 6.45) is 0.658. The Labute approximate surface area is 145 Å². The van der Waals surface area contributed by atoms with E-state index in [1.807, 2.05) is 13.0 Å². The fourth-order valence-electron chi connectivity index (χ4n) is 1.93. The average Bonchev–Trinajstić information content (AvgIpc) is 2.51. The minimum Gasteiger partial charge on any atom is -0.493 e. The summed E-state index contributed by atoms with van der Waals surface area (Å²) in [4.78, 5) is 11.4. The number of halogens is 1. The van der Waals surface area contributed by atoms with E-state index < -0.39 is 6.10 Å². The molecule has 0 saturated heterocycles. The number of hydrogen-bond donors (Lipinski definition) is 1. The first-order chi connectivity index (χ1) is 10.5. The molecule has 0 aliphatic heterocycles. The lowest BCUT2D eigenvalue weighted by Gasteiger charge is -2.16. The molecule has 1 unspecified atom stereocenters. The molecule has 0 heterocycles. The van der Waals surface area contributed by atoms with Gasteiger partial charge in [0.15, 0.2) is 11.5 Å². The Hall–Kier alpha value is -1.02. The predicted molar refractivity (Wildman–Crippen MR) is 92.3 cm³/mol. The lowest BCUT2D eigenvalue weighted by molar-refractivity contribution is -0.143. The lowest BCUT2D eigenvalue weighted by atomic mass is 10.0. The van der Waals surface area contributed by atoms with Gasteiger partial charge < -0.3 is 19.3 Å². The molecule has 124 valence electrons. The van der Waals surface area contributed by atoms with E-state index in [1.165, 1.54) is 0 Å². The SMILES string of the molecule is CCCOc1c(I)cc(C(O)CCC(=O)OCC)cc1OC. The highest BCUT2D eigenvalue weighted by molar-refractivity contribution is 14.1. The Morgan fingerprint density at radius 1 is 1.36 bits per heavy atom. The van der Waals surface area contributed by atoms with Gasteiger partial charge in [0, 0.05) is 6.42 Å². The van der Waals surface area contributed by atoms with Crippen molar-refractivity contribution in [1.29, 1.82) is 0 Å². The second-order valence-electron chi connectivity index (χ2n) is 4.74. The zero-order valence-electron chi connectivity index (χ0n) is 13.2. The third-order valence-corrected chi connectivity index (χ3v) is 3.82. The van der Waals surface area contributed by atoms with Gasteiger partial charge in [0.2, 0.25) is 0 Å². The number of carbonyl (C=O) groups is 1. The number of esters is 1. The van der Waals surface area contributed by atoms with Crippen molar-refractivity contribution in [3.05, 3.63) is 21.3 Å². The first kappa shape index (κ1) is 19.0. The normalized spacial score (nSPS) is 11.9. The second-order valence-corrected chi connectivity index (χ2v) is 5.90. The van der Waals surface area contributed by atoms with E-state index in [1.54, 1.807) is 20.1 Å².